The van der Waals surface area contributed by atoms with Gasteiger partial charge in [-0.05, 0) is 11.6 Å². The molecule has 1 aromatic heterocycles. The molecular weight excluding hydrogens is 201 g/mol. The van der Waals surface area contributed by atoms with E-state index in [1.165, 1.54) is 19.4 Å². The molecule has 0 atom stereocenters. The molecule has 0 radical (unpaired) electrons. The number of carbonyl (C=O) groups excluding carboxylic acids is 1. The van der Waals surface area contributed by atoms with Crippen molar-refractivity contribution >= 4 is 28.4 Å². The SMILES string of the molecule is COc1cc(C(=O)Cl)ncc1Cl. The van der Waals surface area contributed by atoms with E-state index in [1.54, 1.807) is 0 Å². The van der Waals surface area contributed by atoms with E-state index in [2.05, 4.69) is 4.98 Å². The molecule has 1 heterocycles. The third kappa shape index (κ3) is 1.87. The highest BCUT2D eigenvalue weighted by molar-refractivity contribution is 6.67. The molecule has 0 fully saturated rings. The lowest BCUT2D eigenvalue weighted by atomic mass is 10.3. The number of carbonyl (C=O) groups is 1. The second-order valence-corrected chi connectivity index (χ2v) is 2.73. The summed E-state index contributed by atoms with van der Waals surface area (Å²) in [4.78, 5) is 14.3. The standard InChI is InChI=1S/C7H5Cl2NO2/c1-12-6-2-5(7(9)11)10-3-4(6)8/h2-3H,1H3. The highest BCUT2D eigenvalue weighted by Gasteiger charge is 2.07. The Hall–Kier alpha value is -0.800. The van der Waals surface area contributed by atoms with Crippen LogP contribution in [0.25, 0.3) is 0 Å². The van der Waals surface area contributed by atoms with E-state index < -0.39 is 5.24 Å². The van der Waals surface area contributed by atoms with Crippen LogP contribution in [0.1, 0.15) is 10.5 Å². The van der Waals surface area contributed by atoms with Gasteiger partial charge in [-0.1, -0.05) is 11.6 Å². The van der Waals surface area contributed by atoms with Crippen molar-refractivity contribution in [2.24, 2.45) is 0 Å². The summed E-state index contributed by atoms with van der Waals surface area (Å²) in [6.45, 7) is 0. The first-order valence-electron chi connectivity index (χ1n) is 3.04. The van der Waals surface area contributed by atoms with Crippen molar-refractivity contribution < 1.29 is 9.53 Å². The summed E-state index contributed by atoms with van der Waals surface area (Å²) in [6, 6.07) is 1.39. The molecule has 0 N–H and O–H groups in total. The topological polar surface area (TPSA) is 39.2 Å². The molecule has 12 heavy (non-hydrogen) atoms. The lowest BCUT2D eigenvalue weighted by Crippen LogP contribution is -1.95. The summed E-state index contributed by atoms with van der Waals surface area (Å²) in [5, 5.41) is -0.288. The lowest BCUT2D eigenvalue weighted by Gasteiger charge is -2.01. The molecule has 0 aliphatic carbocycles. The summed E-state index contributed by atoms with van der Waals surface area (Å²) in [7, 11) is 1.45. The van der Waals surface area contributed by atoms with Gasteiger partial charge in [-0.2, -0.15) is 0 Å². The molecular formula is C7H5Cl2NO2. The van der Waals surface area contributed by atoms with Gasteiger partial charge in [0.2, 0.25) is 0 Å². The van der Waals surface area contributed by atoms with Gasteiger partial charge in [-0.15, -0.1) is 0 Å². The van der Waals surface area contributed by atoms with Crippen LogP contribution in [-0.4, -0.2) is 17.3 Å². The van der Waals surface area contributed by atoms with E-state index in [4.69, 9.17) is 27.9 Å². The summed E-state index contributed by atoms with van der Waals surface area (Å²) >= 11 is 10.8. The largest absolute Gasteiger partial charge is 0.495 e. The zero-order valence-electron chi connectivity index (χ0n) is 6.17. The maximum Gasteiger partial charge on any atom is 0.270 e. The van der Waals surface area contributed by atoms with E-state index in [1.807, 2.05) is 0 Å². The number of halogens is 2. The maximum atomic E-state index is 10.6. The Morgan fingerprint density at radius 2 is 2.33 bits per heavy atom. The van der Waals surface area contributed by atoms with Crippen LogP contribution in [0.3, 0.4) is 0 Å². The fourth-order valence-electron chi connectivity index (χ4n) is 0.684. The van der Waals surface area contributed by atoms with E-state index in [-0.39, 0.29) is 5.69 Å². The normalized spacial score (nSPS) is 9.58. The molecule has 1 aromatic rings. The van der Waals surface area contributed by atoms with Crippen LogP contribution >= 0.6 is 23.2 Å². The van der Waals surface area contributed by atoms with Gasteiger partial charge in [0.1, 0.15) is 16.5 Å². The number of rotatable bonds is 2. The maximum absolute atomic E-state index is 10.6. The van der Waals surface area contributed by atoms with Gasteiger partial charge in [0.25, 0.3) is 5.24 Å². The molecule has 0 amide bonds. The molecule has 0 bridgehead atoms. The third-order valence-electron chi connectivity index (χ3n) is 1.24. The Morgan fingerprint density at radius 3 is 2.83 bits per heavy atom. The van der Waals surface area contributed by atoms with Crippen LogP contribution < -0.4 is 4.74 Å². The predicted octanol–water partition coefficient (Wildman–Crippen LogP) is 2.12. The summed E-state index contributed by atoms with van der Waals surface area (Å²) in [5.74, 6) is 0.385. The molecule has 0 aromatic carbocycles. The van der Waals surface area contributed by atoms with Gasteiger partial charge in [0.15, 0.2) is 0 Å². The average Bonchev–Trinajstić information content (AvgIpc) is 2.05. The number of hydrogen-bond donors (Lipinski definition) is 0. The first-order valence-corrected chi connectivity index (χ1v) is 3.80. The van der Waals surface area contributed by atoms with Gasteiger partial charge in [-0.3, -0.25) is 4.79 Å². The number of hydrogen-bond acceptors (Lipinski definition) is 3. The van der Waals surface area contributed by atoms with Crippen LogP contribution in [0.15, 0.2) is 12.3 Å². The Kier molecular flexibility index (Phi) is 2.89. The van der Waals surface area contributed by atoms with Crippen molar-refractivity contribution in [2.75, 3.05) is 7.11 Å². The summed E-state index contributed by atoms with van der Waals surface area (Å²) in [6.07, 6.45) is 1.32. The minimum atomic E-state index is -0.634. The van der Waals surface area contributed by atoms with Gasteiger partial charge in [0.05, 0.1) is 13.3 Å². The van der Waals surface area contributed by atoms with E-state index >= 15 is 0 Å². The smallest absolute Gasteiger partial charge is 0.270 e. The molecule has 0 spiro atoms. The van der Waals surface area contributed by atoms with Crippen LogP contribution in [0, 0.1) is 0 Å². The molecule has 0 aliphatic rings. The highest BCUT2D eigenvalue weighted by Crippen LogP contribution is 2.23. The molecule has 5 heteroatoms. The first-order chi connectivity index (χ1) is 5.65. The first kappa shape index (κ1) is 9.29. The number of aromatic nitrogens is 1. The van der Waals surface area contributed by atoms with Gasteiger partial charge in [0, 0.05) is 6.07 Å². The van der Waals surface area contributed by atoms with Crippen molar-refractivity contribution in [1.82, 2.24) is 4.98 Å². The molecule has 3 nitrogen and oxygen atoms in total. The van der Waals surface area contributed by atoms with Crippen LogP contribution in [-0.2, 0) is 0 Å². The molecule has 64 valence electrons. The van der Waals surface area contributed by atoms with Crippen molar-refractivity contribution in [1.29, 1.82) is 0 Å². The second kappa shape index (κ2) is 3.74. The van der Waals surface area contributed by atoms with Crippen molar-refractivity contribution in [3.05, 3.63) is 23.0 Å². The minimum Gasteiger partial charge on any atom is -0.495 e. The average molecular weight is 206 g/mol. The van der Waals surface area contributed by atoms with Crippen molar-refractivity contribution in [3.63, 3.8) is 0 Å². The molecule has 0 saturated heterocycles. The number of methoxy groups -OCH3 is 1. The zero-order valence-corrected chi connectivity index (χ0v) is 7.69. The zero-order chi connectivity index (χ0) is 9.14. The summed E-state index contributed by atoms with van der Waals surface area (Å²) in [5.41, 5.74) is 0.123. The van der Waals surface area contributed by atoms with Gasteiger partial charge >= 0.3 is 0 Å². The lowest BCUT2D eigenvalue weighted by molar-refractivity contribution is 0.107. The third-order valence-corrected chi connectivity index (χ3v) is 1.72. The number of ether oxygens (including phenoxy) is 1. The fraction of sp³-hybridized carbons (Fsp3) is 0.143. The Balaban J connectivity index is 3.13. The predicted molar refractivity (Wildman–Crippen MR) is 46.0 cm³/mol. The highest BCUT2D eigenvalue weighted by atomic mass is 35.5. The van der Waals surface area contributed by atoms with Crippen LogP contribution in [0.2, 0.25) is 5.02 Å². The van der Waals surface area contributed by atoms with E-state index in [0.717, 1.165) is 0 Å². The summed E-state index contributed by atoms with van der Waals surface area (Å²) < 4.78 is 4.85. The number of pyridine rings is 1. The fourth-order valence-corrected chi connectivity index (χ4v) is 0.968. The molecule has 0 aliphatic heterocycles. The number of nitrogens with zero attached hydrogens (tertiary/aromatic N) is 1. The van der Waals surface area contributed by atoms with Crippen molar-refractivity contribution in [2.45, 2.75) is 0 Å². The Labute approximate surface area is 79.3 Å². The van der Waals surface area contributed by atoms with Crippen LogP contribution in [0.5, 0.6) is 5.75 Å². The minimum absolute atomic E-state index is 0.123. The van der Waals surface area contributed by atoms with Crippen LogP contribution in [0.4, 0.5) is 0 Å². The van der Waals surface area contributed by atoms with E-state index in [0.29, 0.717) is 10.8 Å². The van der Waals surface area contributed by atoms with E-state index in [9.17, 15) is 4.79 Å². The molecule has 1 rings (SSSR count). The van der Waals surface area contributed by atoms with Gasteiger partial charge in [-0.25, -0.2) is 4.98 Å². The quantitative estimate of drug-likeness (QED) is 0.695. The van der Waals surface area contributed by atoms with Crippen molar-refractivity contribution in [3.8, 4) is 5.75 Å². The van der Waals surface area contributed by atoms with Gasteiger partial charge < -0.3 is 4.74 Å². The monoisotopic (exact) mass is 205 g/mol. The Bertz CT molecular complexity index is 314. The Morgan fingerprint density at radius 1 is 1.67 bits per heavy atom. The molecule has 0 saturated carbocycles. The molecule has 0 unspecified atom stereocenters. The second-order valence-electron chi connectivity index (χ2n) is 1.98.